The van der Waals surface area contributed by atoms with Crippen LogP contribution in [-0.2, 0) is 23.7 Å². The highest BCUT2D eigenvalue weighted by Gasteiger charge is 2.50. The van der Waals surface area contributed by atoms with Crippen molar-refractivity contribution >= 4 is 0 Å². The topological polar surface area (TPSA) is 191 Å². The fourth-order valence-corrected chi connectivity index (χ4v) is 3.24. The van der Waals surface area contributed by atoms with E-state index in [2.05, 4.69) is 0 Å². The molecule has 3 rings (SSSR count). The van der Waals surface area contributed by atoms with Crippen LogP contribution < -0.4 is 0 Å². The van der Waals surface area contributed by atoms with E-state index in [4.69, 9.17) is 23.7 Å². The Morgan fingerprint density at radius 2 is 1.36 bits per heavy atom. The van der Waals surface area contributed by atoms with E-state index in [1.54, 1.807) is 0 Å². The third kappa shape index (κ3) is 4.80. The number of ether oxygens (including phenoxy) is 5. The molecule has 0 aromatic heterocycles. The first-order valence-electron chi connectivity index (χ1n) is 9.19. The summed E-state index contributed by atoms with van der Waals surface area (Å²) >= 11 is 0. The summed E-state index contributed by atoms with van der Waals surface area (Å²) in [6, 6.07) is 0. The average molecular weight is 412 g/mol. The van der Waals surface area contributed by atoms with Crippen molar-refractivity contribution in [2.75, 3.05) is 26.4 Å². The number of hydrogen-bond acceptors (Lipinski definition) is 12. The van der Waals surface area contributed by atoms with Gasteiger partial charge in [-0.05, 0) is 6.42 Å². The van der Waals surface area contributed by atoms with Crippen LogP contribution in [0.25, 0.3) is 0 Å². The van der Waals surface area contributed by atoms with Gasteiger partial charge in [-0.2, -0.15) is 0 Å². The van der Waals surface area contributed by atoms with Gasteiger partial charge in [0, 0.05) is 0 Å². The lowest BCUT2D eigenvalue weighted by molar-refractivity contribution is -0.359. The first kappa shape index (κ1) is 22.2. The molecule has 11 atom stereocenters. The molecule has 0 aromatic carbocycles. The van der Waals surface area contributed by atoms with Gasteiger partial charge in [-0.15, -0.1) is 0 Å². The van der Waals surface area contributed by atoms with Crippen LogP contribution in [0, 0.1) is 0 Å². The lowest BCUT2D eigenvalue weighted by atomic mass is 9.97. The zero-order valence-electron chi connectivity index (χ0n) is 15.1. The van der Waals surface area contributed by atoms with E-state index in [9.17, 15) is 35.7 Å². The van der Waals surface area contributed by atoms with E-state index in [1.807, 2.05) is 0 Å². The summed E-state index contributed by atoms with van der Waals surface area (Å²) in [6.07, 6.45) is -13.8. The Balaban J connectivity index is 1.62. The summed E-state index contributed by atoms with van der Waals surface area (Å²) in [5.74, 6) is 0. The summed E-state index contributed by atoms with van der Waals surface area (Å²) in [6.45, 7) is -0.386. The molecule has 7 N–H and O–H groups in total. The molecule has 3 saturated heterocycles. The van der Waals surface area contributed by atoms with Gasteiger partial charge in [0.1, 0.15) is 48.8 Å². The minimum Gasteiger partial charge on any atom is -0.394 e. The van der Waals surface area contributed by atoms with Crippen LogP contribution >= 0.6 is 0 Å². The summed E-state index contributed by atoms with van der Waals surface area (Å²) in [5.41, 5.74) is 0. The van der Waals surface area contributed by atoms with Crippen LogP contribution in [0.15, 0.2) is 0 Å². The lowest BCUT2D eigenvalue weighted by Crippen LogP contribution is -2.64. The van der Waals surface area contributed by atoms with Crippen LogP contribution in [0.5, 0.6) is 0 Å². The van der Waals surface area contributed by atoms with Gasteiger partial charge >= 0.3 is 0 Å². The van der Waals surface area contributed by atoms with E-state index < -0.39 is 74.6 Å². The van der Waals surface area contributed by atoms with Gasteiger partial charge in [-0.1, -0.05) is 0 Å². The second-order valence-corrected chi connectivity index (χ2v) is 7.12. The fourth-order valence-electron chi connectivity index (χ4n) is 3.24. The Kier molecular flexibility index (Phi) is 7.58. The van der Waals surface area contributed by atoms with Crippen molar-refractivity contribution < 1.29 is 59.4 Å². The maximum absolute atomic E-state index is 10.4. The van der Waals surface area contributed by atoms with Crippen molar-refractivity contribution in [2.45, 2.75) is 73.9 Å². The van der Waals surface area contributed by atoms with Crippen LogP contribution in [-0.4, -0.2) is 130 Å². The highest BCUT2D eigenvalue weighted by atomic mass is 16.7. The number of aliphatic hydroxyl groups is 7. The van der Waals surface area contributed by atoms with Crippen LogP contribution in [0.2, 0.25) is 0 Å². The summed E-state index contributed by atoms with van der Waals surface area (Å²) in [4.78, 5) is 0. The summed E-state index contributed by atoms with van der Waals surface area (Å²) < 4.78 is 26.6. The Bertz CT molecular complexity index is 486. The minimum absolute atomic E-state index is 0.113. The van der Waals surface area contributed by atoms with Gasteiger partial charge in [0.05, 0.1) is 32.5 Å². The molecule has 0 radical (unpaired) electrons. The van der Waals surface area contributed by atoms with Crippen LogP contribution in [0.1, 0.15) is 6.42 Å². The number of hydrogen-bond donors (Lipinski definition) is 7. The van der Waals surface area contributed by atoms with Crippen LogP contribution in [0.3, 0.4) is 0 Å². The molecule has 0 aliphatic carbocycles. The van der Waals surface area contributed by atoms with Gasteiger partial charge in [0.15, 0.2) is 12.6 Å². The Hall–Kier alpha value is -0.480. The molecule has 28 heavy (non-hydrogen) atoms. The molecular weight excluding hydrogens is 384 g/mol. The largest absolute Gasteiger partial charge is 0.394 e. The molecule has 3 fully saturated rings. The monoisotopic (exact) mass is 412 g/mol. The molecule has 11 unspecified atom stereocenters. The third-order valence-corrected chi connectivity index (χ3v) is 5.08. The van der Waals surface area contributed by atoms with Gasteiger partial charge < -0.3 is 59.4 Å². The first-order chi connectivity index (χ1) is 13.4. The van der Waals surface area contributed by atoms with Crippen molar-refractivity contribution in [3.63, 3.8) is 0 Å². The Labute approximate surface area is 160 Å². The van der Waals surface area contributed by atoms with Gasteiger partial charge in [-0.3, -0.25) is 0 Å². The Morgan fingerprint density at radius 1 is 0.750 bits per heavy atom. The van der Waals surface area contributed by atoms with Crippen LogP contribution in [0.4, 0.5) is 0 Å². The maximum atomic E-state index is 10.4. The van der Waals surface area contributed by atoms with E-state index in [0.717, 1.165) is 0 Å². The molecule has 0 bridgehead atoms. The Morgan fingerprint density at radius 3 is 1.96 bits per heavy atom. The zero-order chi connectivity index (χ0) is 20.4. The van der Waals surface area contributed by atoms with Crippen molar-refractivity contribution in [1.82, 2.24) is 0 Å². The standard InChI is InChI=1S/C16H28O12/c17-3-7-9(19)10(20)12(22)16(26-7)28-14-8(4-18)27-15(13(23)11(14)21)24-2-1-6-5-25-6/h6-23H,1-5H2. The van der Waals surface area contributed by atoms with E-state index in [1.165, 1.54) is 0 Å². The predicted octanol–water partition coefficient (Wildman–Crippen LogP) is -4.58. The smallest absolute Gasteiger partial charge is 0.187 e. The number of epoxide rings is 1. The molecule has 0 saturated carbocycles. The van der Waals surface area contributed by atoms with E-state index >= 15 is 0 Å². The molecule has 3 aliphatic rings. The molecule has 0 spiro atoms. The highest BCUT2D eigenvalue weighted by Crippen LogP contribution is 2.29. The molecular formula is C16H28O12. The second-order valence-electron chi connectivity index (χ2n) is 7.12. The van der Waals surface area contributed by atoms with E-state index in [-0.39, 0.29) is 12.7 Å². The molecule has 12 heteroatoms. The quantitative estimate of drug-likeness (QED) is 0.189. The van der Waals surface area contributed by atoms with E-state index in [0.29, 0.717) is 13.0 Å². The highest BCUT2D eigenvalue weighted by molar-refractivity contribution is 4.94. The molecule has 164 valence electrons. The number of aliphatic hydroxyl groups excluding tert-OH is 7. The second kappa shape index (κ2) is 9.55. The molecule has 3 heterocycles. The zero-order valence-corrected chi connectivity index (χ0v) is 15.1. The summed E-state index contributed by atoms with van der Waals surface area (Å²) in [5, 5.41) is 69.2. The average Bonchev–Trinajstić information content (AvgIpc) is 3.51. The van der Waals surface area contributed by atoms with Gasteiger partial charge in [-0.25, -0.2) is 0 Å². The lowest BCUT2D eigenvalue weighted by Gasteiger charge is -2.45. The minimum atomic E-state index is -1.70. The van der Waals surface area contributed by atoms with Gasteiger partial charge in [0.2, 0.25) is 0 Å². The van der Waals surface area contributed by atoms with Gasteiger partial charge in [0.25, 0.3) is 0 Å². The maximum Gasteiger partial charge on any atom is 0.187 e. The predicted molar refractivity (Wildman–Crippen MR) is 86.7 cm³/mol. The normalized spacial score (nSPS) is 49.2. The van der Waals surface area contributed by atoms with Crippen molar-refractivity contribution in [1.29, 1.82) is 0 Å². The number of rotatable bonds is 8. The molecule has 3 aliphatic heterocycles. The summed E-state index contributed by atoms with van der Waals surface area (Å²) in [7, 11) is 0. The van der Waals surface area contributed by atoms with Crippen molar-refractivity contribution in [2.24, 2.45) is 0 Å². The van der Waals surface area contributed by atoms with Crippen molar-refractivity contribution in [3.05, 3.63) is 0 Å². The molecule has 0 aromatic rings. The molecule has 0 amide bonds. The molecule has 12 nitrogen and oxygen atoms in total. The van der Waals surface area contributed by atoms with Crippen molar-refractivity contribution in [3.8, 4) is 0 Å². The SMILES string of the molecule is OCC1OC(OC2C(CO)OC(OCCC3CO3)C(O)C2O)C(O)C(O)C1O. The first-order valence-corrected chi connectivity index (χ1v) is 9.19. The third-order valence-electron chi connectivity index (χ3n) is 5.08. The fraction of sp³-hybridized carbons (Fsp3) is 1.00.